The third kappa shape index (κ3) is 7.46. The molecule has 1 saturated heterocycles. The second-order valence-corrected chi connectivity index (χ2v) is 6.46. The zero-order chi connectivity index (χ0) is 18.7. The maximum absolute atomic E-state index is 5.62. The summed E-state index contributed by atoms with van der Waals surface area (Å²) in [5.41, 5.74) is 1.31. The molecule has 2 rings (SSSR count). The Kier molecular flexibility index (Phi) is 11.7. The van der Waals surface area contributed by atoms with Gasteiger partial charge in [0.1, 0.15) is 5.75 Å². The third-order valence-electron chi connectivity index (χ3n) is 4.71. The van der Waals surface area contributed by atoms with Crippen molar-refractivity contribution in [1.82, 2.24) is 10.6 Å². The van der Waals surface area contributed by atoms with Gasteiger partial charge in [0.05, 0.1) is 19.8 Å². The minimum absolute atomic E-state index is 0. The Balaban J connectivity index is 0.00000364. The number of hydrogen-bond acceptors (Lipinski definition) is 4. The maximum Gasteiger partial charge on any atom is 0.191 e. The average Bonchev–Trinajstić information content (AvgIpc) is 2.68. The summed E-state index contributed by atoms with van der Waals surface area (Å²) in [4.78, 5) is 4.87. The average molecular weight is 491 g/mol. The fourth-order valence-electron chi connectivity index (χ4n) is 3.22. The molecule has 1 aromatic rings. The topological polar surface area (TPSA) is 64.1 Å². The van der Waals surface area contributed by atoms with Gasteiger partial charge >= 0.3 is 0 Å². The fourth-order valence-corrected chi connectivity index (χ4v) is 3.22. The highest BCUT2D eigenvalue weighted by Crippen LogP contribution is 2.36. The molecule has 0 aliphatic carbocycles. The Bertz CT molecular complexity index is 546. The quantitative estimate of drug-likeness (QED) is 0.241. The number of methoxy groups -OCH3 is 1. The van der Waals surface area contributed by atoms with Gasteiger partial charge in [-0.05, 0) is 44.4 Å². The molecule has 0 bridgehead atoms. The van der Waals surface area contributed by atoms with E-state index in [9.17, 15) is 0 Å². The van der Waals surface area contributed by atoms with E-state index in [1.54, 1.807) is 7.11 Å². The van der Waals surface area contributed by atoms with E-state index in [0.29, 0.717) is 13.2 Å². The molecule has 27 heavy (non-hydrogen) atoms. The van der Waals surface area contributed by atoms with Gasteiger partial charge in [-0.3, -0.25) is 4.99 Å². The first kappa shape index (κ1) is 24.0. The maximum atomic E-state index is 5.62. The van der Waals surface area contributed by atoms with Crippen LogP contribution in [0.2, 0.25) is 0 Å². The second-order valence-electron chi connectivity index (χ2n) is 6.46. The van der Waals surface area contributed by atoms with E-state index >= 15 is 0 Å². The first-order valence-corrected chi connectivity index (χ1v) is 9.56. The van der Waals surface area contributed by atoms with Crippen molar-refractivity contribution in [3.05, 3.63) is 29.8 Å². The van der Waals surface area contributed by atoms with E-state index < -0.39 is 0 Å². The highest BCUT2D eigenvalue weighted by atomic mass is 127. The highest BCUT2D eigenvalue weighted by Gasteiger charge is 2.34. The number of nitrogens with zero attached hydrogens (tertiary/aromatic N) is 1. The number of aliphatic imine (C=N–C) groups is 1. The number of guanidine groups is 1. The van der Waals surface area contributed by atoms with Crippen molar-refractivity contribution in [2.24, 2.45) is 4.99 Å². The summed E-state index contributed by atoms with van der Waals surface area (Å²) in [5, 5.41) is 6.63. The molecule has 6 nitrogen and oxygen atoms in total. The van der Waals surface area contributed by atoms with Crippen LogP contribution in [0.3, 0.4) is 0 Å². The zero-order valence-corrected chi connectivity index (χ0v) is 19.1. The smallest absolute Gasteiger partial charge is 0.191 e. The molecule has 1 aliphatic heterocycles. The van der Waals surface area contributed by atoms with Crippen molar-refractivity contribution >= 4 is 29.9 Å². The number of benzene rings is 1. The van der Waals surface area contributed by atoms with Crippen LogP contribution in [0.5, 0.6) is 5.75 Å². The van der Waals surface area contributed by atoms with Crippen molar-refractivity contribution in [3.8, 4) is 5.75 Å². The lowest BCUT2D eigenvalue weighted by atomic mass is 9.74. The molecule has 0 amide bonds. The lowest BCUT2D eigenvalue weighted by molar-refractivity contribution is 0.0531. The van der Waals surface area contributed by atoms with Crippen molar-refractivity contribution in [3.63, 3.8) is 0 Å². The summed E-state index contributed by atoms with van der Waals surface area (Å²) in [6, 6.07) is 8.47. The van der Waals surface area contributed by atoms with Gasteiger partial charge in [0, 0.05) is 38.8 Å². The van der Waals surface area contributed by atoms with Crippen molar-refractivity contribution in [2.45, 2.75) is 32.1 Å². The molecule has 7 heteroatoms. The van der Waals surface area contributed by atoms with E-state index in [1.807, 2.05) is 6.92 Å². The van der Waals surface area contributed by atoms with Crippen LogP contribution in [-0.4, -0.2) is 59.1 Å². The summed E-state index contributed by atoms with van der Waals surface area (Å²) >= 11 is 0. The second kappa shape index (κ2) is 13.2. The Labute approximate surface area is 180 Å². The van der Waals surface area contributed by atoms with Crippen LogP contribution in [0.4, 0.5) is 0 Å². The van der Waals surface area contributed by atoms with E-state index in [2.05, 4.69) is 41.8 Å². The molecular formula is C20H34IN3O3. The molecule has 0 spiro atoms. The summed E-state index contributed by atoms with van der Waals surface area (Å²) < 4.78 is 16.3. The van der Waals surface area contributed by atoms with Gasteiger partial charge in [-0.1, -0.05) is 12.1 Å². The van der Waals surface area contributed by atoms with Gasteiger partial charge in [0.25, 0.3) is 0 Å². The zero-order valence-electron chi connectivity index (χ0n) is 16.8. The molecule has 1 heterocycles. The van der Waals surface area contributed by atoms with Crippen LogP contribution >= 0.6 is 24.0 Å². The molecule has 0 saturated carbocycles. The minimum Gasteiger partial charge on any atom is -0.494 e. The third-order valence-corrected chi connectivity index (χ3v) is 4.71. The SMILES string of the molecule is CCNC(=NCC1(c2ccc(OCC)cc2)CCOCC1)NCCOC.I. The monoisotopic (exact) mass is 491 g/mol. The van der Waals surface area contributed by atoms with Gasteiger partial charge < -0.3 is 24.8 Å². The van der Waals surface area contributed by atoms with E-state index in [4.69, 9.17) is 19.2 Å². The van der Waals surface area contributed by atoms with Gasteiger partial charge in [-0.25, -0.2) is 0 Å². The van der Waals surface area contributed by atoms with E-state index in [-0.39, 0.29) is 29.4 Å². The molecule has 1 aromatic carbocycles. The molecule has 0 radical (unpaired) electrons. The number of hydrogen-bond donors (Lipinski definition) is 2. The number of nitrogens with one attached hydrogen (secondary N) is 2. The predicted octanol–water partition coefficient (Wildman–Crippen LogP) is 2.95. The number of rotatable bonds is 9. The molecule has 1 aliphatic rings. The first-order chi connectivity index (χ1) is 12.7. The van der Waals surface area contributed by atoms with E-state index in [0.717, 1.165) is 57.4 Å². The molecular weight excluding hydrogens is 457 g/mol. The Morgan fingerprint density at radius 2 is 1.85 bits per heavy atom. The molecule has 2 N–H and O–H groups in total. The molecule has 0 atom stereocenters. The van der Waals surface area contributed by atoms with Crippen LogP contribution < -0.4 is 15.4 Å². The van der Waals surface area contributed by atoms with Crippen LogP contribution in [-0.2, 0) is 14.9 Å². The van der Waals surface area contributed by atoms with Gasteiger partial charge in [-0.15, -0.1) is 24.0 Å². The lowest BCUT2D eigenvalue weighted by Gasteiger charge is -2.36. The number of halogens is 1. The van der Waals surface area contributed by atoms with Crippen molar-refractivity contribution in [1.29, 1.82) is 0 Å². The Hall–Kier alpha value is -1.06. The van der Waals surface area contributed by atoms with E-state index in [1.165, 1.54) is 5.56 Å². The molecule has 0 aromatic heterocycles. The standard InChI is InChI=1S/C20H33N3O3.HI/c1-4-21-19(22-12-15-24-3)23-16-20(10-13-25-14-11-20)17-6-8-18(9-7-17)26-5-2;/h6-9H,4-5,10-16H2,1-3H3,(H2,21,22,23);1H. The highest BCUT2D eigenvalue weighted by molar-refractivity contribution is 14.0. The van der Waals surface area contributed by atoms with Gasteiger partial charge in [0.15, 0.2) is 5.96 Å². The first-order valence-electron chi connectivity index (χ1n) is 9.56. The molecule has 0 unspecified atom stereocenters. The van der Waals surface area contributed by atoms with Crippen LogP contribution in [0.15, 0.2) is 29.3 Å². The largest absolute Gasteiger partial charge is 0.494 e. The predicted molar refractivity (Wildman–Crippen MR) is 121 cm³/mol. The van der Waals surface area contributed by atoms with Crippen LogP contribution in [0.25, 0.3) is 0 Å². The Morgan fingerprint density at radius 1 is 1.15 bits per heavy atom. The number of ether oxygens (including phenoxy) is 3. The minimum atomic E-state index is 0. The summed E-state index contributed by atoms with van der Waals surface area (Å²) in [7, 11) is 1.70. The van der Waals surface area contributed by atoms with Crippen molar-refractivity contribution in [2.75, 3.05) is 53.2 Å². The lowest BCUT2D eigenvalue weighted by Crippen LogP contribution is -2.42. The summed E-state index contributed by atoms with van der Waals surface area (Å²) in [6.07, 6.45) is 1.95. The Morgan fingerprint density at radius 3 is 2.44 bits per heavy atom. The molecule has 1 fully saturated rings. The summed E-state index contributed by atoms with van der Waals surface area (Å²) in [6.45, 7) is 9.26. The van der Waals surface area contributed by atoms with Crippen LogP contribution in [0, 0.1) is 0 Å². The van der Waals surface area contributed by atoms with Gasteiger partial charge in [0.2, 0.25) is 0 Å². The van der Waals surface area contributed by atoms with Crippen molar-refractivity contribution < 1.29 is 14.2 Å². The van der Waals surface area contributed by atoms with Gasteiger partial charge in [-0.2, -0.15) is 0 Å². The van der Waals surface area contributed by atoms with Crippen LogP contribution in [0.1, 0.15) is 32.3 Å². The summed E-state index contributed by atoms with van der Waals surface area (Å²) in [5.74, 6) is 1.75. The fraction of sp³-hybridized carbons (Fsp3) is 0.650. The molecule has 154 valence electrons. The normalized spacial score (nSPS) is 16.3.